The van der Waals surface area contributed by atoms with Gasteiger partial charge < -0.3 is 0 Å². The number of allylic oxidation sites excluding steroid dienone is 2. The number of halogens is 3. The van der Waals surface area contributed by atoms with Crippen LogP contribution in [0.15, 0.2) is 53.3 Å². The van der Waals surface area contributed by atoms with Gasteiger partial charge in [-0.15, -0.1) is 5.10 Å². The molecule has 3 rings (SSSR count). The van der Waals surface area contributed by atoms with Gasteiger partial charge in [-0.1, -0.05) is 42.5 Å². The minimum Gasteiger partial charge on any atom is -0.164 e. The Labute approximate surface area is 113 Å². The third-order valence-corrected chi connectivity index (χ3v) is 3.23. The van der Waals surface area contributed by atoms with E-state index in [4.69, 9.17) is 0 Å². The van der Waals surface area contributed by atoms with Crippen LogP contribution in [-0.4, -0.2) is 11.9 Å². The normalized spacial score (nSPS) is 15.5. The summed E-state index contributed by atoms with van der Waals surface area (Å²) in [6, 6.07) is 12.6. The van der Waals surface area contributed by atoms with E-state index >= 15 is 0 Å². The second kappa shape index (κ2) is 4.37. The molecule has 0 spiro atoms. The summed E-state index contributed by atoms with van der Waals surface area (Å²) in [6.07, 6.45) is -4.51. The molecule has 0 saturated heterocycles. The van der Waals surface area contributed by atoms with Crippen molar-refractivity contribution >= 4 is 22.1 Å². The van der Waals surface area contributed by atoms with Crippen molar-refractivity contribution in [1.29, 1.82) is 0 Å². The largest absolute Gasteiger partial charge is 0.435 e. The first-order valence-corrected chi connectivity index (χ1v) is 6.04. The van der Waals surface area contributed by atoms with Crippen LogP contribution < -0.4 is 5.43 Å². The molecule has 2 aromatic rings. The van der Waals surface area contributed by atoms with Crippen LogP contribution in [0.5, 0.6) is 0 Å². The molecule has 1 radical (unpaired) electrons. The maximum absolute atomic E-state index is 13.0. The van der Waals surface area contributed by atoms with Gasteiger partial charge in [0.1, 0.15) is 0 Å². The van der Waals surface area contributed by atoms with Crippen molar-refractivity contribution in [2.45, 2.75) is 13.1 Å². The summed E-state index contributed by atoms with van der Waals surface area (Å²) in [6.45, 7) is 1.54. The average molecular weight is 275 g/mol. The smallest absolute Gasteiger partial charge is 0.164 e. The van der Waals surface area contributed by atoms with Crippen LogP contribution >= 0.6 is 0 Å². The molecule has 0 saturated carbocycles. The topological polar surface area (TPSA) is 26.5 Å². The fourth-order valence-electron chi connectivity index (χ4n) is 2.36. The first kappa shape index (κ1) is 12.7. The van der Waals surface area contributed by atoms with Gasteiger partial charge in [0.2, 0.25) is 0 Å². The Balaban J connectivity index is 2.25. The van der Waals surface area contributed by atoms with Crippen LogP contribution in [0.2, 0.25) is 0 Å². The summed E-state index contributed by atoms with van der Waals surface area (Å²) >= 11 is 0. The molecule has 2 nitrogen and oxygen atoms in total. The highest BCUT2D eigenvalue weighted by Gasteiger charge is 2.42. The van der Waals surface area contributed by atoms with Crippen molar-refractivity contribution in [3.8, 4) is 0 Å². The molecule has 0 aliphatic carbocycles. The van der Waals surface area contributed by atoms with Gasteiger partial charge in [-0.2, -0.15) is 18.6 Å². The van der Waals surface area contributed by atoms with Crippen LogP contribution in [0.1, 0.15) is 12.5 Å². The first-order valence-electron chi connectivity index (χ1n) is 6.04. The number of hydrogen-bond acceptors (Lipinski definition) is 1. The molecular formula is C15H10F3N2. The van der Waals surface area contributed by atoms with Crippen molar-refractivity contribution in [2.24, 2.45) is 5.10 Å². The minimum absolute atomic E-state index is 0.0642. The SMILES string of the molecule is CC1=C(c2cccc3ccccc23)C(C(F)(F)F)=N[N]1. The van der Waals surface area contributed by atoms with Crippen molar-refractivity contribution in [1.82, 2.24) is 5.43 Å². The second-order valence-corrected chi connectivity index (χ2v) is 4.53. The van der Waals surface area contributed by atoms with E-state index in [9.17, 15) is 13.2 Å². The molecule has 0 bridgehead atoms. The number of alkyl halides is 3. The van der Waals surface area contributed by atoms with Gasteiger partial charge in [-0.3, -0.25) is 0 Å². The lowest BCUT2D eigenvalue weighted by molar-refractivity contribution is -0.0572. The predicted molar refractivity (Wildman–Crippen MR) is 72.2 cm³/mol. The van der Waals surface area contributed by atoms with Crippen molar-refractivity contribution in [3.05, 3.63) is 53.7 Å². The maximum Gasteiger partial charge on any atom is 0.435 e. The minimum atomic E-state index is -4.51. The fourth-order valence-corrected chi connectivity index (χ4v) is 2.36. The zero-order chi connectivity index (χ0) is 14.3. The van der Waals surface area contributed by atoms with E-state index < -0.39 is 11.9 Å². The summed E-state index contributed by atoms with van der Waals surface area (Å²) in [5.74, 6) is 0. The van der Waals surface area contributed by atoms with Gasteiger partial charge >= 0.3 is 6.18 Å². The maximum atomic E-state index is 13.0. The second-order valence-electron chi connectivity index (χ2n) is 4.53. The molecule has 1 heterocycles. The fraction of sp³-hybridized carbons (Fsp3) is 0.133. The molecule has 0 atom stereocenters. The lowest BCUT2D eigenvalue weighted by Crippen LogP contribution is -2.23. The Morgan fingerprint density at radius 1 is 0.950 bits per heavy atom. The van der Waals surface area contributed by atoms with Crippen molar-refractivity contribution < 1.29 is 13.2 Å². The summed E-state index contributed by atoms with van der Waals surface area (Å²) in [7, 11) is 0. The summed E-state index contributed by atoms with van der Waals surface area (Å²) in [5.41, 5.74) is 3.53. The van der Waals surface area contributed by atoms with Gasteiger partial charge in [-0.25, -0.2) is 0 Å². The highest BCUT2D eigenvalue weighted by atomic mass is 19.4. The van der Waals surface area contributed by atoms with E-state index in [0.717, 1.165) is 10.8 Å². The number of hydrogen-bond donors (Lipinski definition) is 0. The Hall–Kier alpha value is -2.30. The molecule has 0 fully saturated rings. The van der Waals surface area contributed by atoms with E-state index in [2.05, 4.69) is 10.5 Å². The first-order chi connectivity index (χ1) is 9.48. The Morgan fingerprint density at radius 2 is 1.65 bits per heavy atom. The third-order valence-electron chi connectivity index (χ3n) is 3.23. The molecule has 0 aromatic heterocycles. The molecule has 101 valence electrons. The zero-order valence-electron chi connectivity index (χ0n) is 10.6. The van der Waals surface area contributed by atoms with Gasteiger partial charge in [-0.05, 0) is 23.3 Å². The summed E-state index contributed by atoms with van der Waals surface area (Å²) in [4.78, 5) is 0. The molecule has 5 heteroatoms. The molecule has 1 aliphatic rings. The lowest BCUT2D eigenvalue weighted by Gasteiger charge is -2.12. The Morgan fingerprint density at radius 3 is 2.40 bits per heavy atom. The quantitative estimate of drug-likeness (QED) is 0.749. The van der Waals surface area contributed by atoms with Crippen LogP contribution in [0, 0.1) is 0 Å². The molecule has 20 heavy (non-hydrogen) atoms. The number of rotatable bonds is 1. The van der Waals surface area contributed by atoms with Crippen LogP contribution in [0.4, 0.5) is 13.2 Å². The molecule has 2 aromatic carbocycles. The van der Waals surface area contributed by atoms with Gasteiger partial charge in [0, 0.05) is 5.57 Å². The van der Waals surface area contributed by atoms with Crippen LogP contribution in [0.3, 0.4) is 0 Å². The number of fused-ring (bicyclic) bond motifs is 1. The molecule has 0 N–H and O–H groups in total. The van der Waals surface area contributed by atoms with Gasteiger partial charge in [0.25, 0.3) is 0 Å². The van der Waals surface area contributed by atoms with E-state index in [1.54, 1.807) is 31.2 Å². The van der Waals surface area contributed by atoms with Gasteiger partial charge in [0.15, 0.2) is 5.71 Å². The van der Waals surface area contributed by atoms with E-state index in [1.807, 2.05) is 18.2 Å². The summed E-state index contributed by atoms with van der Waals surface area (Å²) in [5, 5.41) is 4.95. The lowest BCUT2D eigenvalue weighted by atomic mass is 9.94. The Kier molecular flexibility index (Phi) is 2.78. The predicted octanol–water partition coefficient (Wildman–Crippen LogP) is 4.11. The zero-order valence-corrected chi connectivity index (χ0v) is 10.6. The highest BCUT2D eigenvalue weighted by molar-refractivity contribution is 6.30. The molecule has 0 unspecified atom stereocenters. The number of nitrogens with zero attached hydrogens (tertiary/aromatic N) is 2. The van der Waals surface area contributed by atoms with Crippen molar-refractivity contribution in [2.75, 3.05) is 0 Å². The van der Waals surface area contributed by atoms with Crippen LogP contribution in [-0.2, 0) is 0 Å². The average Bonchev–Trinajstić information content (AvgIpc) is 2.80. The third kappa shape index (κ3) is 1.95. The monoisotopic (exact) mass is 275 g/mol. The number of benzene rings is 2. The van der Waals surface area contributed by atoms with Crippen molar-refractivity contribution in [3.63, 3.8) is 0 Å². The van der Waals surface area contributed by atoms with Gasteiger partial charge in [0.05, 0.1) is 5.70 Å². The van der Waals surface area contributed by atoms with E-state index in [-0.39, 0.29) is 11.3 Å². The standard InChI is InChI=1S/C15H10F3N2/c1-9-13(14(20-19-9)15(16,17)18)12-8-4-6-10-5-2-3-7-11(10)12/h2-8H,1H3. The highest BCUT2D eigenvalue weighted by Crippen LogP contribution is 2.36. The molecule has 0 amide bonds. The Bertz CT molecular complexity index is 737. The molecular weight excluding hydrogens is 265 g/mol. The van der Waals surface area contributed by atoms with E-state index in [1.165, 1.54) is 0 Å². The van der Waals surface area contributed by atoms with Crippen LogP contribution in [0.25, 0.3) is 16.3 Å². The summed E-state index contributed by atoms with van der Waals surface area (Å²) < 4.78 is 39.1. The molecule has 1 aliphatic heterocycles. The van der Waals surface area contributed by atoms with E-state index in [0.29, 0.717) is 5.56 Å².